The summed E-state index contributed by atoms with van der Waals surface area (Å²) >= 11 is 0. The van der Waals surface area contributed by atoms with Gasteiger partial charge in [0.1, 0.15) is 5.75 Å². The molecule has 2 aromatic carbocycles. The van der Waals surface area contributed by atoms with Crippen LogP contribution >= 0.6 is 7.36 Å². The third-order valence-electron chi connectivity index (χ3n) is 6.63. The van der Waals surface area contributed by atoms with E-state index in [2.05, 4.69) is 86.6 Å². The lowest BCUT2D eigenvalue weighted by atomic mass is 9.84. The zero-order chi connectivity index (χ0) is 23.1. The van der Waals surface area contributed by atoms with E-state index in [9.17, 15) is 0 Å². The number of rotatable bonds is 5. The minimum Gasteiger partial charge on any atom is -0.497 e. The third kappa shape index (κ3) is 3.28. The van der Waals surface area contributed by atoms with Crippen LogP contribution in [-0.2, 0) is 5.41 Å². The Balaban J connectivity index is 2.02. The maximum Gasteiger partial charge on any atom is 0.174 e. The van der Waals surface area contributed by atoms with E-state index in [1.807, 2.05) is 24.3 Å². The molecule has 0 amide bonds. The number of benzene rings is 2. The van der Waals surface area contributed by atoms with Gasteiger partial charge in [0.05, 0.1) is 24.3 Å². The molecule has 6 nitrogen and oxygen atoms in total. The Bertz CT molecular complexity index is 1120. The standard InChI is InChI=1S/C25H34N5OP/c1-8-30(9-2)32(27-19-14-16-20(31-7)17-15-19)23(18-26-29(32)6)24-25(3,4)21-12-10-11-13-22(21)28(24)5/h10-18H,8-9H2,1-7H3/b24-23-/t32-/m1/s1. The molecule has 0 fully saturated rings. The molecule has 0 saturated heterocycles. The first kappa shape index (κ1) is 22.6. The molecule has 0 spiro atoms. The minimum atomic E-state index is -2.33. The molecule has 7 heteroatoms. The summed E-state index contributed by atoms with van der Waals surface area (Å²) in [4.78, 5) is 2.34. The zero-order valence-electron chi connectivity index (χ0n) is 20.2. The van der Waals surface area contributed by atoms with Crippen LogP contribution in [0.2, 0.25) is 0 Å². The number of hydrogen-bond acceptors (Lipinski definition) is 4. The van der Waals surface area contributed by atoms with E-state index in [-0.39, 0.29) is 5.41 Å². The molecule has 0 unspecified atom stereocenters. The maximum absolute atomic E-state index is 5.47. The number of hydrazone groups is 1. The highest BCUT2D eigenvalue weighted by atomic mass is 31.2. The van der Waals surface area contributed by atoms with Gasteiger partial charge in [0, 0.05) is 44.0 Å². The number of hydrogen-bond donors (Lipinski definition) is 0. The van der Waals surface area contributed by atoms with Crippen molar-refractivity contribution in [2.75, 3.05) is 39.2 Å². The van der Waals surface area contributed by atoms with Gasteiger partial charge in [-0.3, -0.25) is 0 Å². The summed E-state index contributed by atoms with van der Waals surface area (Å²) in [6.45, 7) is 10.8. The topological polar surface area (TPSA) is 43.7 Å². The van der Waals surface area contributed by atoms with Crippen LogP contribution in [0.5, 0.6) is 5.75 Å². The molecule has 0 bridgehead atoms. The third-order valence-corrected chi connectivity index (χ3v) is 10.4. The van der Waals surface area contributed by atoms with Crippen LogP contribution in [0.25, 0.3) is 0 Å². The quantitative estimate of drug-likeness (QED) is 0.503. The Morgan fingerprint density at radius 2 is 1.69 bits per heavy atom. The number of allylic oxidation sites excluding steroid dienone is 2. The van der Waals surface area contributed by atoms with Crippen LogP contribution in [-0.4, -0.2) is 50.0 Å². The predicted molar refractivity (Wildman–Crippen MR) is 136 cm³/mol. The molecule has 2 aliphatic rings. The lowest BCUT2D eigenvalue weighted by Crippen LogP contribution is -2.30. The summed E-state index contributed by atoms with van der Waals surface area (Å²) in [6.07, 6.45) is 2.05. The van der Waals surface area contributed by atoms with Crippen molar-refractivity contribution in [2.45, 2.75) is 33.1 Å². The number of methoxy groups -OCH3 is 1. The number of nitrogens with zero attached hydrogens (tertiary/aromatic N) is 5. The fourth-order valence-electron chi connectivity index (χ4n) is 5.05. The van der Waals surface area contributed by atoms with Crippen LogP contribution in [0.3, 0.4) is 0 Å². The average molecular weight is 452 g/mol. The van der Waals surface area contributed by atoms with Gasteiger partial charge in [0.2, 0.25) is 0 Å². The highest BCUT2D eigenvalue weighted by Crippen LogP contribution is 2.69. The highest BCUT2D eigenvalue weighted by Gasteiger charge is 2.47. The summed E-state index contributed by atoms with van der Waals surface area (Å²) in [5.41, 5.74) is 4.67. The molecule has 2 heterocycles. The summed E-state index contributed by atoms with van der Waals surface area (Å²) in [5, 5.41) is 6.06. The summed E-state index contributed by atoms with van der Waals surface area (Å²) in [5.74, 6) is 0.834. The van der Waals surface area contributed by atoms with Crippen molar-refractivity contribution in [3.8, 4) is 5.75 Å². The Morgan fingerprint density at radius 1 is 1.03 bits per heavy atom. The Hall–Kier alpha value is -2.56. The molecule has 0 aromatic heterocycles. The number of para-hydroxylation sites is 1. The first-order valence-electron chi connectivity index (χ1n) is 11.2. The predicted octanol–water partition coefficient (Wildman–Crippen LogP) is 6.27. The van der Waals surface area contributed by atoms with E-state index in [4.69, 9.17) is 14.6 Å². The first-order chi connectivity index (χ1) is 15.3. The van der Waals surface area contributed by atoms with Crippen molar-refractivity contribution in [3.05, 3.63) is 65.1 Å². The summed E-state index contributed by atoms with van der Waals surface area (Å²) < 4.78 is 15.4. The highest BCUT2D eigenvalue weighted by molar-refractivity contribution is 7.67. The van der Waals surface area contributed by atoms with Gasteiger partial charge in [-0.2, -0.15) is 5.10 Å². The van der Waals surface area contributed by atoms with Gasteiger partial charge in [-0.25, -0.2) is 14.2 Å². The molecule has 0 aliphatic carbocycles. The van der Waals surface area contributed by atoms with E-state index in [1.165, 1.54) is 22.3 Å². The lowest BCUT2D eigenvalue weighted by Gasteiger charge is -2.39. The van der Waals surface area contributed by atoms with Gasteiger partial charge in [-0.1, -0.05) is 45.9 Å². The molecule has 2 aliphatic heterocycles. The van der Waals surface area contributed by atoms with E-state index in [0.29, 0.717) is 0 Å². The van der Waals surface area contributed by atoms with E-state index >= 15 is 0 Å². The largest absolute Gasteiger partial charge is 0.497 e. The Morgan fingerprint density at radius 3 is 2.28 bits per heavy atom. The minimum absolute atomic E-state index is 0.147. The van der Waals surface area contributed by atoms with Crippen molar-refractivity contribution in [3.63, 3.8) is 0 Å². The number of fused-ring (bicyclic) bond motifs is 1. The molecule has 2 aromatic rings. The van der Waals surface area contributed by atoms with Gasteiger partial charge >= 0.3 is 0 Å². The Kier molecular flexibility index (Phi) is 5.95. The second-order valence-electron chi connectivity index (χ2n) is 8.67. The lowest BCUT2D eigenvalue weighted by molar-refractivity contribution is 0.415. The second-order valence-corrected chi connectivity index (χ2v) is 11.6. The molecule has 0 radical (unpaired) electrons. The molecule has 170 valence electrons. The molecule has 4 rings (SSSR count). The second kappa shape index (κ2) is 8.42. The van der Waals surface area contributed by atoms with Gasteiger partial charge in [0.15, 0.2) is 7.36 Å². The molecule has 0 saturated carbocycles. The van der Waals surface area contributed by atoms with Crippen LogP contribution in [0, 0.1) is 0 Å². The number of likely N-dealkylation sites (N-methyl/N-ethyl adjacent to an activating group) is 1. The Labute approximate surface area is 192 Å². The smallest absolute Gasteiger partial charge is 0.174 e. The van der Waals surface area contributed by atoms with E-state index < -0.39 is 7.36 Å². The normalized spacial score (nSPS) is 23.8. The summed E-state index contributed by atoms with van der Waals surface area (Å²) in [7, 11) is 3.60. The van der Waals surface area contributed by atoms with Crippen LogP contribution in [0.15, 0.2) is 69.4 Å². The number of anilines is 1. The molecular formula is C25H34N5OP. The average Bonchev–Trinajstić information content (AvgIpc) is 3.21. The van der Waals surface area contributed by atoms with Crippen LogP contribution < -0.4 is 9.64 Å². The molecule has 0 N–H and O–H groups in total. The van der Waals surface area contributed by atoms with Crippen molar-refractivity contribution in [2.24, 2.45) is 9.85 Å². The van der Waals surface area contributed by atoms with Crippen molar-refractivity contribution in [1.82, 2.24) is 9.45 Å². The van der Waals surface area contributed by atoms with Crippen molar-refractivity contribution in [1.29, 1.82) is 0 Å². The molecule has 32 heavy (non-hydrogen) atoms. The van der Waals surface area contributed by atoms with Crippen LogP contribution in [0.1, 0.15) is 33.3 Å². The van der Waals surface area contributed by atoms with Crippen molar-refractivity contribution < 1.29 is 4.74 Å². The maximum atomic E-state index is 5.47. The monoisotopic (exact) mass is 451 g/mol. The molecule has 1 atom stereocenters. The van der Waals surface area contributed by atoms with E-state index in [0.717, 1.165) is 24.5 Å². The fraction of sp³-hybridized carbons (Fsp3) is 0.400. The fourth-order valence-corrected chi connectivity index (χ4v) is 8.75. The van der Waals surface area contributed by atoms with Crippen molar-refractivity contribution >= 4 is 24.9 Å². The van der Waals surface area contributed by atoms with Crippen LogP contribution in [0.4, 0.5) is 11.4 Å². The van der Waals surface area contributed by atoms with Gasteiger partial charge < -0.3 is 9.64 Å². The number of ether oxygens (including phenoxy) is 1. The zero-order valence-corrected chi connectivity index (χ0v) is 21.1. The SMILES string of the molecule is CCN(CC)[P@@]1(=Nc2ccc(OC)cc2)/C(=C2\N(C)c3ccccc3C2(C)C)C=NN1C. The summed E-state index contributed by atoms with van der Waals surface area (Å²) in [6, 6.07) is 16.7. The van der Waals surface area contributed by atoms with E-state index in [1.54, 1.807) is 7.11 Å². The molecular weight excluding hydrogens is 417 g/mol. The first-order valence-corrected chi connectivity index (χ1v) is 12.8. The van der Waals surface area contributed by atoms with Gasteiger partial charge in [-0.05, 0) is 35.9 Å². The van der Waals surface area contributed by atoms with Gasteiger partial charge in [-0.15, -0.1) is 0 Å². The van der Waals surface area contributed by atoms with Gasteiger partial charge in [0.25, 0.3) is 0 Å².